The zero-order valence-electron chi connectivity index (χ0n) is 15.4. The van der Waals surface area contributed by atoms with Gasteiger partial charge in [0.25, 0.3) is 0 Å². The van der Waals surface area contributed by atoms with Crippen LogP contribution in [0.2, 0.25) is 0 Å². The highest BCUT2D eigenvalue weighted by molar-refractivity contribution is 8.00. The number of aliphatic imine (C=N–C) groups is 1. The number of amides is 1. The van der Waals surface area contributed by atoms with Gasteiger partial charge in [-0.2, -0.15) is 11.8 Å². The number of thiophene rings is 1. The van der Waals surface area contributed by atoms with Crippen molar-refractivity contribution >= 4 is 35.0 Å². The van der Waals surface area contributed by atoms with E-state index >= 15 is 0 Å². The Kier molecular flexibility index (Phi) is 5.94. The Morgan fingerprint density at radius 2 is 2.20 bits per heavy atom. The molecule has 2 aliphatic heterocycles. The molecule has 1 fully saturated rings. The Bertz CT molecular complexity index is 641. The number of rotatable bonds is 3. The molecular weight excluding hydrogens is 352 g/mol. The van der Waals surface area contributed by atoms with E-state index < -0.39 is 0 Å². The molecule has 1 aromatic heterocycles. The van der Waals surface area contributed by atoms with Crippen molar-refractivity contribution in [2.24, 2.45) is 4.99 Å². The van der Waals surface area contributed by atoms with Gasteiger partial charge in [-0.1, -0.05) is 0 Å². The molecule has 3 rings (SSSR count). The molecule has 138 valence electrons. The first-order valence-corrected chi connectivity index (χ1v) is 10.9. The first-order valence-electron chi connectivity index (χ1n) is 8.99. The molecule has 5 nitrogen and oxygen atoms in total. The van der Waals surface area contributed by atoms with Crippen molar-refractivity contribution in [1.29, 1.82) is 0 Å². The van der Waals surface area contributed by atoms with Gasteiger partial charge in [0, 0.05) is 48.1 Å². The maximum Gasteiger partial charge on any atom is 0.244 e. The van der Waals surface area contributed by atoms with Gasteiger partial charge in [0.2, 0.25) is 5.91 Å². The predicted octanol–water partition coefficient (Wildman–Crippen LogP) is 2.43. The molecule has 1 N–H and O–H groups in total. The summed E-state index contributed by atoms with van der Waals surface area (Å²) in [6.45, 7) is 11.1. The standard InChI is InChI=1S/C18H28N4OS2/c1-4-19-17(22-8-10-25-18(2,3)13-22)20-11-16(23)21-7-5-15-14(12-21)6-9-24-15/h6,9H,4-5,7-8,10-13H2,1-3H3,(H,19,20). The lowest BCUT2D eigenvalue weighted by atomic mass is 10.1. The first-order chi connectivity index (χ1) is 12.0. The summed E-state index contributed by atoms with van der Waals surface area (Å²) < 4.78 is 0.223. The molecule has 1 aromatic rings. The largest absolute Gasteiger partial charge is 0.357 e. The highest BCUT2D eigenvalue weighted by Crippen LogP contribution is 2.29. The minimum absolute atomic E-state index is 0.123. The van der Waals surface area contributed by atoms with Crippen LogP contribution in [-0.2, 0) is 17.8 Å². The van der Waals surface area contributed by atoms with E-state index in [-0.39, 0.29) is 17.2 Å². The second-order valence-electron chi connectivity index (χ2n) is 7.13. The van der Waals surface area contributed by atoms with Crippen LogP contribution in [0.3, 0.4) is 0 Å². The predicted molar refractivity (Wildman–Crippen MR) is 108 cm³/mol. The average Bonchev–Trinajstić information content (AvgIpc) is 3.05. The third kappa shape index (κ3) is 4.70. The SMILES string of the molecule is CCNC(=NCC(=O)N1CCc2sccc2C1)N1CCSC(C)(C)C1. The van der Waals surface area contributed by atoms with Crippen molar-refractivity contribution in [3.05, 3.63) is 21.9 Å². The summed E-state index contributed by atoms with van der Waals surface area (Å²) in [7, 11) is 0. The van der Waals surface area contributed by atoms with E-state index in [0.717, 1.165) is 50.9 Å². The van der Waals surface area contributed by atoms with E-state index in [1.807, 2.05) is 16.7 Å². The monoisotopic (exact) mass is 380 g/mol. The highest BCUT2D eigenvalue weighted by Gasteiger charge is 2.29. The van der Waals surface area contributed by atoms with Gasteiger partial charge in [-0.3, -0.25) is 4.79 Å². The number of guanidine groups is 1. The van der Waals surface area contributed by atoms with Gasteiger partial charge in [-0.15, -0.1) is 11.3 Å². The molecule has 7 heteroatoms. The second-order valence-corrected chi connectivity index (χ2v) is 9.94. The normalized spacial score (nSPS) is 20.4. The number of carbonyl (C=O) groups is 1. The van der Waals surface area contributed by atoms with Gasteiger partial charge >= 0.3 is 0 Å². The average molecular weight is 381 g/mol. The molecule has 0 saturated carbocycles. The molecule has 0 bridgehead atoms. The van der Waals surface area contributed by atoms with Crippen LogP contribution in [-0.4, -0.2) is 64.9 Å². The molecule has 1 amide bonds. The summed E-state index contributed by atoms with van der Waals surface area (Å²) in [5, 5.41) is 5.48. The fraction of sp³-hybridized carbons (Fsp3) is 0.667. The second kappa shape index (κ2) is 7.99. The van der Waals surface area contributed by atoms with Crippen LogP contribution < -0.4 is 5.32 Å². The van der Waals surface area contributed by atoms with Gasteiger partial charge in [-0.05, 0) is 44.2 Å². The number of hydrogen-bond acceptors (Lipinski definition) is 4. The molecule has 0 spiro atoms. The maximum absolute atomic E-state index is 12.6. The molecule has 25 heavy (non-hydrogen) atoms. The van der Waals surface area contributed by atoms with Crippen molar-refractivity contribution in [2.75, 3.05) is 38.5 Å². The molecule has 0 aromatic carbocycles. The van der Waals surface area contributed by atoms with Crippen molar-refractivity contribution < 1.29 is 4.79 Å². The number of nitrogens with one attached hydrogen (secondary N) is 1. The summed E-state index contributed by atoms with van der Waals surface area (Å²) in [4.78, 5) is 22.9. The van der Waals surface area contributed by atoms with Gasteiger partial charge in [-0.25, -0.2) is 4.99 Å². The molecule has 2 aliphatic rings. The molecular formula is C18H28N4OS2. The first kappa shape index (κ1) is 18.6. The summed E-state index contributed by atoms with van der Waals surface area (Å²) in [6, 6.07) is 2.14. The summed E-state index contributed by atoms with van der Waals surface area (Å²) in [6.07, 6.45) is 0.972. The van der Waals surface area contributed by atoms with E-state index in [9.17, 15) is 4.79 Å². The Balaban J connectivity index is 1.62. The van der Waals surface area contributed by atoms with E-state index in [1.54, 1.807) is 11.3 Å². The maximum atomic E-state index is 12.6. The van der Waals surface area contributed by atoms with E-state index in [0.29, 0.717) is 0 Å². The smallest absolute Gasteiger partial charge is 0.244 e. The van der Waals surface area contributed by atoms with Crippen molar-refractivity contribution in [1.82, 2.24) is 15.1 Å². The topological polar surface area (TPSA) is 47.9 Å². The van der Waals surface area contributed by atoms with E-state index in [4.69, 9.17) is 0 Å². The van der Waals surface area contributed by atoms with Gasteiger partial charge in [0.1, 0.15) is 6.54 Å². The molecule has 1 saturated heterocycles. The lowest BCUT2D eigenvalue weighted by molar-refractivity contribution is -0.130. The Morgan fingerprint density at radius 1 is 1.36 bits per heavy atom. The van der Waals surface area contributed by atoms with Gasteiger partial charge < -0.3 is 15.1 Å². The zero-order valence-corrected chi connectivity index (χ0v) is 17.0. The fourth-order valence-electron chi connectivity index (χ4n) is 3.33. The lowest BCUT2D eigenvalue weighted by Gasteiger charge is -2.39. The Labute approximate surface area is 158 Å². The minimum Gasteiger partial charge on any atom is -0.357 e. The Morgan fingerprint density at radius 3 is 2.96 bits per heavy atom. The number of thioether (sulfide) groups is 1. The lowest BCUT2D eigenvalue weighted by Crippen LogP contribution is -2.51. The molecule has 0 atom stereocenters. The van der Waals surface area contributed by atoms with Crippen LogP contribution in [0.1, 0.15) is 31.2 Å². The van der Waals surface area contributed by atoms with Gasteiger partial charge in [0.05, 0.1) is 0 Å². The minimum atomic E-state index is 0.123. The van der Waals surface area contributed by atoms with Gasteiger partial charge in [0.15, 0.2) is 5.96 Å². The quantitative estimate of drug-likeness (QED) is 0.646. The van der Waals surface area contributed by atoms with Crippen LogP contribution in [0.5, 0.6) is 0 Å². The Hall–Kier alpha value is -1.21. The molecule has 0 unspecified atom stereocenters. The van der Waals surface area contributed by atoms with Crippen molar-refractivity contribution in [3.8, 4) is 0 Å². The van der Waals surface area contributed by atoms with E-state index in [1.165, 1.54) is 10.4 Å². The number of hydrogen-bond donors (Lipinski definition) is 1. The highest BCUT2D eigenvalue weighted by atomic mass is 32.2. The summed E-state index contributed by atoms with van der Waals surface area (Å²) in [5.41, 5.74) is 1.30. The van der Waals surface area contributed by atoms with Crippen LogP contribution in [0.4, 0.5) is 0 Å². The van der Waals surface area contributed by atoms with Crippen LogP contribution in [0.25, 0.3) is 0 Å². The number of fused-ring (bicyclic) bond motifs is 1. The molecule has 0 aliphatic carbocycles. The molecule has 3 heterocycles. The van der Waals surface area contributed by atoms with Crippen LogP contribution in [0, 0.1) is 0 Å². The zero-order chi connectivity index (χ0) is 17.9. The third-order valence-corrected chi connectivity index (χ3v) is 6.90. The number of nitrogens with zero attached hydrogens (tertiary/aromatic N) is 3. The van der Waals surface area contributed by atoms with E-state index in [2.05, 4.69) is 47.4 Å². The number of carbonyl (C=O) groups excluding carboxylic acids is 1. The molecule has 0 radical (unpaired) electrons. The fourth-order valence-corrected chi connectivity index (χ4v) is 5.33. The third-order valence-electron chi connectivity index (χ3n) is 4.58. The summed E-state index contributed by atoms with van der Waals surface area (Å²) in [5.74, 6) is 2.09. The summed E-state index contributed by atoms with van der Waals surface area (Å²) >= 11 is 3.80. The van der Waals surface area contributed by atoms with Crippen LogP contribution >= 0.6 is 23.1 Å². The van der Waals surface area contributed by atoms with Crippen LogP contribution in [0.15, 0.2) is 16.4 Å². The van der Waals surface area contributed by atoms with Crippen molar-refractivity contribution in [2.45, 2.75) is 38.5 Å². The van der Waals surface area contributed by atoms with Crippen molar-refractivity contribution in [3.63, 3.8) is 0 Å².